The molecule has 19 heavy (non-hydrogen) atoms. The van der Waals surface area contributed by atoms with Crippen LogP contribution in [-0.2, 0) is 0 Å². The van der Waals surface area contributed by atoms with Crippen LogP contribution in [0.25, 0.3) is 0 Å². The molecular weight excluding hydrogens is 242 g/mol. The molecule has 2 unspecified atom stereocenters. The lowest BCUT2D eigenvalue weighted by Gasteiger charge is -2.20. The Labute approximate surface area is 112 Å². The van der Waals surface area contributed by atoms with E-state index in [1.165, 1.54) is 0 Å². The Balaban J connectivity index is 2.09. The second-order valence-electron chi connectivity index (χ2n) is 4.57. The third-order valence-electron chi connectivity index (χ3n) is 3.22. The fraction of sp³-hybridized carbons (Fsp3) is 0.357. The normalized spacial score (nSPS) is 14.1. The monoisotopic (exact) mass is 261 g/mol. The molecule has 0 fully saturated rings. The number of methoxy groups -OCH3 is 1. The van der Waals surface area contributed by atoms with Crippen molar-refractivity contribution < 1.29 is 9.84 Å². The summed E-state index contributed by atoms with van der Waals surface area (Å²) in [5, 5.41) is 19.8. The zero-order valence-electron chi connectivity index (χ0n) is 11.3. The van der Waals surface area contributed by atoms with Gasteiger partial charge in [-0.3, -0.25) is 5.10 Å². The number of hydrogen-bond donors (Lipinski definition) is 3. The van der Waals surface area contributed by atoms with Gasteiger partial charge in [-0.2, -0.15) is 5.10 Å². The largest absolute Gasteiger partial charge is 0.504 e. The van der Waals surface area contributed by atoms with Crippen LogP contribution in [0.15, 0.2) is 30.6 Å². The standard InChI is InChI=1S/C14H19N3O2/c1-9(17-10(2)12-7-15-16-8-12)11-4-5-13(18)14(6-11)19-3/h4-10,17-18H,1-3H3,(H,15,16). The lowest BCUT2D eigenvalue weighted by atomic mass is 10.1. The zero-order valence-corrected chi connectivity index (χ0v) is 11.3. The highest BCUT2D eigenvalue weighted by molar-refractivity contribution is 5.42. The van der Waals surface area contributed by atoms with Gasteiger partial charge >= 0.3 is 0 Å². The average molecular weight is 261 g/mol. The van der Waals surface area contributed by atoms with Crippen LogP contribution in [0, 0.1) is 0 Å². The maximum atomic E-state index is 9.59. The molecule has 0 bridgehead atoms. The van der Waals surface area contributed by atoms with Gasteiger partial charge in [-0.1, -0.05) is 6.07 Å². The Hall–Kier alpha value is -2.01. The number of hydrogen-bond acceptors (Lipinski definition) is 4. The van der Waals surface area contributed by atoms with Crippen LogP contribution in [0.5, 0.6) is 11.5 Å². The first kappa shape index (κ1) is 13.4. The Kier molecular flexibility index (Phi) is 4.06. The Morgan fingerprint density at radius 3 is 2.63 bits per heavy atom. The molecule has 2 atom stereocenters. The van der Waals surface area contributed by atoms with Crippen LogP contribution in [0.3, 0.4) is 0 Å². The fourth-order valence-corrected chi connectivity index (χ4v) is 2.03. The van der Waals surface area contributed by atoms with E-state index in [2.05, 4.69) is 29.4 Å². The molecule has 102 valence electrons. The van der Waals surface area contributed by atoms with Gasteiger partial charge in [0.25, 0.3) is 0 Å². The van der Waals surface area contributed by atoms with Gasteiger partial charge in [-0.05, 0) is 31.5 Å². The minimum atomic E-state index is 0.138. The molecule has 5 heteroatoms. The number of aromatic amines is 1. The fourth-order valence-electron chi connectivity index (χ4n) is 2.03. The van der Waals surface area contributed by atoms with E-state index in [1.54, 1.807) is 13.2 Å². The molecule has 0 saturated heterocycles. The zero-order chi connectivity index (χ0) is 13.8. The summed E-state index contributed by atoms with van der Waals surface area (Å²) in [6.45, 7) is 4.15. The van der Waals surface area contributed by atoms with Gasteiger partial charge in [-0.25, -0.2) is 0 Å². The molecule has 0 aliphatic rings. The Morgan fingerprint density at radius 1 is 1.26 bits per heavy atom. The van der Waals surface area contributed by atoms with Gasteiger partial charge in [0.2, 0.25) is 0 Å². The number of benzene rings is 1. The molecule has 0 aliphatic carbocycles. The minimum Gasteiger partial charge on any atom is -0.504 e. The van der Waals surface area contributed by atoms with Crippen molar-refractivity contribution in [2.45, 2.75) is 25.9 Å². The highest BCUT2D eigenvalue weighted by atomic mass is 16.5. The van der Waals surface area contributed by atoms with Crippen molar-refractivity contribution in [1.29, 1.82) is 0 Å². The molecule has 1 heterocycles. The van der Waals surface area contributed by atoms with Crippen molar-refractivity contribution in [1.82, 2.24) is 15.5 Å². The van der Waals surface area contributed by atoms with Gasteiger partial charge in [0.15, 0.2) is 11.5 Å². The number of aromatic hydroxyl groups is 1. The lowest BCUT2D eigenvalue weighted by Crippen LogP contribution is -2.22. The van der Waals surface area contributed by atoms with Crippen LogP contribution in [0.2, 0.25) is 0 Å². The van der Waals surface area contributed by atoms with E-state index >= 15 is 0 Å². The van der Waals surface area contributed by atoms with E-state index in [1.807, 2.05) is 24.5 Å². The third-order valence-corrected chi connectivity index (χ3v) is 3.22. The van der Waals surface area contributed by atoms with Crippen molar-refractivity contribution in [3.63, 3.8) is 0 Å². The van der Waals surface area contributed by atoms with Gasteiger partial charge in [0.05, 0.1) is 13.3 Å². The second kappa shape index (κ2) is 5.75. The van der Waals surface area contributed by atoms with E-state index < -0.39 is 0 Å². The number of nitrogens with zero attached hydrogens (tertiary/aromatic N) is 1. The molecule has 0 amide bonds. The summed E-state index contributed by atoms with van der Waals surface area (Å²) in [4.78, 5) is 0. The summed E-state index contributed by atoms with van der Waals surface area (Å²) in [5.74, 6) is 0.642. The summed E-state index contributed by atoms with van der Waals surface area (Å²) in [5.41, 5.74) is 2.17. The molecule has 0 spiro atoms. The molecule has 1 aromatic heterocycles. The first-order valence-electron chi connectivity index (χ1n) is 6.23. The average Bonchev–Trinajstić information content (AvgIpc) is 2.93. The molecule has 3 N–H and O–H groups in total. The molecule has 0 aliphatic heterocycles. The van der Waals surface area contributed by atoms with Crippen molar-refractivity contribution in [2.75, 3.05) is 7.11 Å². The number of rotatable bonds is 5. The van der Waals surface area contributed by atoms with Crippen LogP contribution in [0.1, 0.15) is 37.1 Å². The van der Waals surface area contributed by atoms with Gasteiger partial charge in [0, 0.05) is 23.8 Å². The van der Waals surface area contributed by atoms with Crippen LogP contribution in [0.4, 0.5) is 0 Å². The Bertz CT molecular complexity index is 525. The maximum absolute atomic E-state index is 9.59. The van der Waals surface area contributed by atoms with Crippen LogP contribution >= 0.6 is 0 Å². The third kappa shape index (κ3) is 3.06. The molecule has 2 rings (SSSR count). The molecule has 1 aromatic carbocycles. The highest BCUT2D eigenvalue weighted by Gasteiger charge is 2.13. The molecule has 5 nitrogen and oxygen atoms in total. The molecule has 0 radical (unpaired) electrons. The van der Waals surface area contributed by atoms with Crippen molar-refractivity contribution >= 4 is 0 Å². The predicted molar refractivity (Wildman–Crippen MR) is 73.2 cm³/mol. The van der Waals surface area contributed by atoms with E-state index in [0.29, 0.717) is 5.75 Å². The summed E-state index contributed by atoms with van der Waals surface area (Å²) in [6.07, 6.45) is 3.68. The minimum absolute atomic E-state index is 0.138. The second-order valence-corrected chi connectivity index (χ2v) is 4.57. The molecular formula is C14H19N3O2. The van der Waals surface area contributed by atoms with Crippen LogP contribution in [-0.4, -0.2) is 22.4 Å². The quantitative estimate of drug-likeness (QED) is 0.773. The highest BCUT2D eigenvalue weighted by Crippen LogP contribution is 2.29. The number of nitrogens with one attached hydrogen (secondary N) is 2. The number of aromatic nitrogens is 2. The summed E-state index contributed by atoms with van der Waals surface area (Å²) in [6, 6.07) is 5.70. The number of ether oxygens (including phenoxy) is 1. The Morgan fingerprint density at radius 2 is 2.00 bits per heavy atom. The van der Waals surface area contributed by atoms with E-state index in [0.717, 1.165) is 11.1 Å². The van der Waals surface area contributed by atoms with E-state index in [-0.39, 0.29) is 17.8 Å². The maximum Gasteiger partial charge on any atom is 0.160 e. The first-order chi connectivity index (χ1) is 9.11. The molecule has 0 saturated carbocycles. The van der Waals surface area contributed by atoms with Crippen molar-refractivity contribution in [2.24, 2.45) is 0 Å². The van der Waals surface area contributed by atoms with Gasteiger partial charge < -0.3 is 15.2 Å². The number of H-pyrrole nitrogens is 1. The number of phenolic OH excluding ortho intramolecular Hbond substituents is 1. The van der Waals surface area contributed by atoms with E-state index in [4.69, 9.17) is 4.74 Å². The van der Waals surface area contributed by atoms with Gasteiger partial charge in [-0.15, -0.1) is 0 Å². The predicted octanol–water partition coefficient (Wildman–Crippen LogP) is 2.54. The van der Waals surface area contributed by atoms with Gasteiger partial charge in [0.1, 0.15) is 0 Å². The summed E-state index contributed by atoms with van der Waals surface area (Å²) >= 11 is 0. The summed E-state index contributed by atoms with van der Waals surface area (Å²) < 4.78 is 5.12. The number of phenols is 1. The van der Waals surface area contributed by atoms with Crippen molar-refractivity contribution in [3.8, 4) is 11.5 Å². The van der Waals surface area contributed by atoms with Crippen LogP contribution < -0.4 is 10.1 Å². The molecule has 2 aromatic rings. The topological polar surface area (TPSA) is 70.2 Å². The lowest BCUT2D eigenvalue weighted by molar-refractivity contribution is 0.371. The SMILES string of the molecule is COc1cc(C(C)NC(C)c2cn[nH]c2)ccc1O. The smallest absolute Gasteiger partial charge is 0.160 e. The van der Waals surface area contributed by atoms with E-state index in [9.17, 15) is 5.11 Å². The van der Waals surface area contributed by atoms with Crippen molar-refractivity contribution in [3.05, 3.63) is 41.7 Å². The summed E-state index contributed by atoms with van der Waals surface area (Å²) in [7, 11) is 1.55. The first-order valence-corrected chi connectivity index (χ1v) is 6.23.